The molecule has 0 unspecified atom stereocenters. The molecule has 0 saturated carbocycles. The Kier molecular flexibility index (Phi) is 3.78. The number of carbonyl (C=O) groups excluding carboxylic acids is 1. The standard InChI is InChI=1S/C8H9FN2O4S/c1-15-8(12)5-16(13,14)11-6-2-3-7(9)10-4-6/h2-4,11H,5H2,1H3. The summed E-state index contributed by atoms with van der Waals surface area (Å²) >= 11 is 0. The number of carbonyl (C=O) groups is 1. The third-order valence-electron chi connectivity index (χ3n) is 1.54. The molecular formula is C8H9FN2O4S. The molecule has 0 aliphatic rings. The molecule has 1 rings (SSSR count). The molecule has 0 fully saturated rings. The van der Waals surface area contributed by atoms with Gasteiger partial charge in [-0.05, 0) is 12.1 Å². The smallest absolute Gasteiger partial charge is 0.322 e. The molecular weight excluding hydrogens is 239 g/mol. The molecule has 6 nitrogen and oxygen atoms in total. The summed E-state index contributed by atoms with van der Waals surface area (Å²) in [5.74, 6) is -2.42. The third kappa shape index (κ3) is 3.81. The number of esters is 1. The molecule has 1 aromatic rings. The highest BCUT2D eigenvalue weighted by molar-refractivity contribution is 7.93. The second-order valence-corrected chi connectivity index (χ2v) is 4.53. The number of methoxy groups -OCH3 is 1. The number of pyridine rings is 1. The molecule has 0 spiro atoms. The summed E-state index contributed by atoms with van der Waals surface area (Å²) in [5.41, 5.74) is 0.0744. The van der Waals surface area contributed by atoms with Gasteiger partial charge in [0.1, 0.15) is 0 Å². The van der Waals surface area contributed by atoms with Gasteiger partial charge < -0.3 is 4.74 Å². The van der Waals surface area contributed by atoms with Crippen LogP contribution < -0.4 is 4.72 Å². The average Bonchev–Trinajstić information content (AvgIpc) is 2.20. The van der Waals surface area contributed by atoms with E-state index in [9.17, 15) is 17.6 Å². The first-order chi connectivity index (χ1) is 7.43. The van der Waals surface area contributed by atoms with Crippen LogP contribution in [-0.4, -0.2) is 32.2 Å². The van der Waals surface area contributed by atoms with Crippen LogP contribution in [0.4, 0.5) is 10.1 Å². The van der Waals surface area contributed by atoms with E-state index in [1.54, 1.807) is 0 Å². The fraction of sp³-hybridized carbons (Fsp3) is 0.250. The van der Waals surface area contributed by atoms with Crippen LogP contribution in [0, 0.1) is 5.95 Å². The van der Waals surface area contributed by atoms with Crippen LogP contribution in [0.1, 0.15) is 0 Å². The first-order valence-electron chi connectivity index (χ1n) is 4.12. The summed E-state index contributed by atoms with van der Waals surface area (Å²) in [5, 5.41) is 0. The van der Waals surface area contributed by atoms with Gasteiger partial charge in [-0.3, -0.25) is 9.52 Å². The summed E-state index contributed by atoms with van der Waals surface area (Å²) in [6.45, 7) is 0. The second-order valence-electron chi connectivity index (χ2n) is 2.81. The fourth-order valence-corrected chi connectivity index (χ4v) is 1.85. The Labute approximate surface area is 91.5 Å². The van der Waals surface area contributed by atoms with Crippen molar-refractivity contribution < 1.29 is 22.3 Å². The van der Waals surface area contributed by atoms with Crippen LogP contribution in [-0.2, 0) is 19.6 Å². The van der Waals surface area contributed by atoms with E-state index in [1.807, 2.05) is 0 Å². The maximum absolute atomic E-state index is 12.4. The lowest BCUT2D eigenvalue weighted by atomic mass is 10.4. The number of anilines is 1. The Bertz CT molecular complexity index is 471. The zero-order chi connectivity index (χ0) is 12.2. The minimum absolute atomic E-state index is 0.0744. The Balaban J connectivity index is 2.73. The summed E-state index contributed by atoms with van der Waals surface area (Å²) in [6.07, 6.45) is 1.00. The number of nitrogens with zero attached hydrogens (tertiary/aromatic N) is 1. The number of nitrogens with one attached hydrogen (secondary N) is 1. The molecule has 0 bridgehead atoms. The number of hydrogen-bond donors (Lipinski definition) is 1. The van der Waals surface area contributed by atoms with E-state index >= 15 is 0 Å². The van der Waals surface area contributed by atoms with Gasteiger partial charge in [0.25, 0.3) is 0 Å². The zero-order valence-electron chi connectivity index (χ0n) is 8.31. The lowest BCUT2D eigenvalue weighted by molar-refractivity contribution is -0.137. The van der Waals surface area contributed by atoms with E-state index in [-0.39, 0.29) is 5.69 Å². The van der Waals surface area contributed by atoms with Crippen molar-refractivity contribution in [3.05, 3.63) is 24.3 Å². The Morgan fingerprint density at radius 1 is 1.56 bits per heavy atom. The predicted molar refractivity (Wildman–Crippen MR) is 53.6 cm³/mol. The average molecular weight is 248 g/mol. The van der Waals surface area contributed by atoms with Crippen LogP contribution >= 0.6 is 0 Å². The molecule has 16 heavy (non-hydrogen) atoms. The van der Waals surface area contributed by atoms with Gasteiger partial charge in [-0.25, -0.2) is 13.4 Å². The van der Waals surface area contributed by atoms with Gasteiger partial charge >= 0.3 is 5.97 Å². The van der Waals surface area contributed by atoms with Crippen molar-refractivity contribution in [2.45, 2.75) is 0 Å². The molecule has 8 heteroatoms. The molecule has 0 aromatic carbocycles. The second kappa shape index (κ2) is 4.88. The molecule has 0 radical (unpaired) electrons. The van der Waals surface area contributed by atoms with Crippen LogP contribution in [0.2, 0.25) is 0 Å². The summed E-state index contributed by atoms with van der Waals surface area (Å²) in [4.78, 5) is 14.0. The molecule has 0 aliphatic carbocycles. The highest BCUT2D eigenvalue weighted by Crippen LogP contribution is 2.07. The van der Waals surface area contributed by atoms with Crippen molar-refractivity contribution in [3.63, 3.8) is 0 Å². The molecule has 1 N–H and O–H groups in total. The zero-order valence-corrected chi connectivity index (χ0v) is 9.12. The summed E-state index contributed by atoms with van der Waals surface area (Å²) < 4.78 is 41.3. The van der Waals surface area contributed by atoms with Crippen molar-refractivity contribution in [1.82, 2.24) is 4.98 Å². The highest BCUT2D eigenvalue weighted by Gasteiger charge is 2.16. The van der Waals surface area contributed by atoms with Crippen LogP contribution in [0.15, 0.2) is 18.3 Å². The van der Waals surface area contributed by atoms with Crippen molar-refractivity contribution in [1.29, 1.82) is 0 Å². The minimum Gasteiger partial charge on any atom is -0.468 e. The van der Waals surface area contributed by atoms with Gasteiger partial charge in [0.2, 0.25) is 16.0 Å². The van der Waals surface area contributed by atoms with Gasteiger partial charge in [-0.2, -0.15) is 4.39 Å². The van der Waals surface area contributed by atoms with Crippen LogP contribution in [0.3, 0.4) is 0 Å². The van der Waals surface area contributed by atoms with Crippen molar-refractivity contribution in [2.24, 2.45) is 0 Å². The maximum atomic E-state index is 12.4. The van der Waals surface area contributed by atoms with E-state index in [0.717, 1.165) is 19.4 Å². The highest BCUT2D eigenvalue weighted by atomic mass is 32.2. The van der Waals surface area contributed by atoms with E-state index in [2.05, 4.69) is 14.4 Å². The number of sulfonamides is 1. The van der Waals surface area contributed by atoms with Gasteiger partial charge in [0.05, 0.1) is 19.0 Å². The molecule has 0 aliphatic heterocycles. The minimum atomic E-state index is -3.85. The first kappa shape index (κ1) is 12.4. The molecule has 1 heterocycles. The van der Waals surface area contributed by atoms with E-state index in [0.29, 0.717) is 0 Å². The topological polar surface area (TPSA) is 85.4 Å². The van der Waals surface area contributed by atoms with Gasteiger partial charge in [-0.15, -0.1) is 0 Å². The van der Waals surface area contributed by atoms with E-state index in [4.69, 9.17) is 0 Å². The normalized spacial score (nSPS) is 10.9. The number of hydrogen-bond acceptors (Lipinski definition) is 5. The molecule has 0 atom stereocenters. The monoisotopic (exact) mass is 248 g/mol. The molecule has 0 amide bonds. The van der Waals surface area contributed by atoms with Crippen molar-refractivity contribution >= 4 is 21.7 Å². The van der Waals surface area contributed by atoms with Crippen LogP contribution in [0.25, 0.3) is 0 Å². The SMILES string of the molecule is COC(=O)CS(=O)(=O)Nc1ccc(F)nc1. The number of ether oxygens (including phenoxy) is 1. The molecule has 1 aromatic heterocycles. The maximum Gasteiger partial charge on any atom is 0.322 e. The van der Waals surface area contributed by atoms with Gasteiger partial charge in [0, 0.05) is 0 Å². The first-order valence-corrected chi connectivity index (χ1v) is 5.77. The lowest BCUT2D eigenvalue weighted by Gasteiger charge is -2.05. The molecule has 0 saturated heterocycles. The van der Waals surface area contributed by atoms with Crippen LogP contribution in [0.5, 0.6) is 0 Å². The fourth-order valence-electron chi connectivity index (χ4n) is 0.866. The summed E-state index contributed by atoms with van der Waals surface area (Å²) in [6, 6.07) is 2.19. The Hall–Kier alpha value is -1.70. The lowest BCUT2D eigenvalue weighted by Crippen LogP contribution is -2.23. The van der Waals surface area contributed by atoms with Crippen molar-refractivity contribution in [3.8, 4) is 0 Å². The largest absolute Gasteiger partial charge is 0.468 e. The molecule has 88 valence electrons. The predicted octanol–water partition coefficient (Wildman–Crippen LogP) is 0.135. The quantitative estimate of drug-likeness (QED) is 0.605. The number of rotatable bonds is 4. The summed E-state index contributed by atoms with van der Waals surface area (Å²) in [7, 11) is -2.77. The Morgan fingerprint density at radius 3 is 2.75 bits per heavy atom. The van der Waals surface area contributed by atoms with Crippen molar-refractivity contribution in [2.75, 3.05) is 17.6 Å². The van der Waals surface area contributed by atoms with E-state index in [1.165, 1.54) is 6.07 Å². The van der Waals surface area contributed by atoms with Gasteiger partial charge in [0.15, 0.2) is 5.75 Å². The number of aromatic nitrogens is 1. The third-order valence-corrected chi connectivity index (χ3v) is 2.70. The Morgan fingerprint density at radius 2 is 2.25 bits per heavy atom. The number of halogens is 1. The van der Waals surface area contributed by atoms with Gasteiger partial charge in [-0.1, -0.05) is 0 Å². The van der Waals surface area contributed by atoms with E-state index < -0.39 is 27.7 Å².